The molecule has 0 atom stereocenters. The second-order valence-corrected chi connectivity index (χ2v) is 6.71. The predicted octanol–water partition coefficient (Wildman–Crippen LogP) is 2.01. The highest BCUT2D eigenvalue weighted by Gasteiger charge is 2.13. The lowest BCUT2D eigenvalue weighted by atomic mass is 10.1. The van der Waals surface area contributed by atoms with Crippen LogP contribution in [-0.2, 0) is 26.1 Å². The molecule has 1 aromatic carbocycles. The predicted molar refractivity (Wildman–Crippen MR) is 97.7 cm³/mol. The standard InChI is InChI=1S/C19H29N5/c1-3-19-21-14-18(22-19)13-20-12-16-5-4-6-17(11-16)15-24-9-7-23(2)8-10-24/h4-6,11,14,20H,3,7-10,12-13,15H2,1-2H3,(H,21,22). The van der Waals surface area contributed by atoms with E-state index in [0.29, 0.717) is 0 Å². The van der Waals surface area contributed by atoms with E-state index in [1.165, 1.54) is 37.3 Å². The van der Waals surface area contributed by atoms with Gasteiger partial charge in [-0.25, -0.2) is 4.98 Å². The number of likely N-dealkylation sites (N-methyl/N-ethyl adjacent to an activating group) is 1. The van der Waals surface area contributed by atoms with Crippen molar-refractivity contribution in [1.29, 1.82) is 0 Å². The third-order valence-corrected chi connectivity index (χ3v) is 4.65. The van der Waals surface area contributed by atoms with Crippen LogP contribution in [0.4, 0.5) is 0 Å². The number of aromatic amines is 1. The Balaban J connectivity index is 1.47. The molecule has 24 heavy (non-hydrogen) atoms. The molecule has 5 heteroatoms. The Labute approximate surface area is 145 Å². The number of aromatic nitrogens is 2. The van der Waals surface area contributed by atoms with Gasteiger partial charge in [-0.15, -0.1) is 0 Å². The third-order valence-electron chi connectivity index (χ3n) is 4.65. The monoisotopic (exact) mass is 327 g/mol. The Morgan fingerprint density at radius 2 is 1.92 bits per heavy atom. The molecule has 0 aliphatic carbocycles. The zero-order valence-electron chi connectivity index (χ0n) is 14.9. The van der Waals surface area contributed by atoms with Crippen molar-refractivity contribution in [3.8, 4) is 0 Å². The van der Waals surface area contributed by atoms with Crippen LogP contribution in [0.3, 0.4) is 0 Å². The zero-order valence-corrected chi connectivity index (χ0v) is 14.9. The van der Waals surface area contributed by atoms with Crippen LogP contribution in [0, 0.1) is 0 Å². The number of imidazole rings is 1. The van der Waals surface area contributed by atoms with Gasteiger partial charge in [0.1, 0.15) is 5.82 Å². The number of rotatable bonds is 7. The number of hydrogen-bond donors (Lipinski definition) is 2. The van der Waals surface area contributed by atoms with Gasteiger partial charge >= 0.3 is 0 Å². The minimum atomic E-state index is 0.829. The fourth-order valence-electron chi connectivity index (χ4n) is 3.12. The average Bonchev–Trinajstić information content (AvgIpc) is 3.05. The molecule has 0 radical (unpaired) electrons. The smallest absolute Gasteiger partial charge is 0.105 e. The molecule has 130 valence electrons. The zero-order chi connectivity index (χ0) is 16.8. The van der Waals surface area contributed by atoms with Gasteiger partial charge in [0.15, 0.2) is 0 Å². The van der Waals surface area contributed by atoms with Crippen molar-refractivity contribution in [1.82, 2.24) is 25.1 Å². The number of hydrogen-bond acceptors (Lipinski definition) is 4. The summed E-state index contributed by atoms with van der Waals surface area (Å²) in [5.74, 6) is 1.06. The quantitative estimate of drug-likeness (QED) is 0.817. The Bertz CT molecular complexity index is 628. The summed E-state index contributed by atoms with van der Waals surface area (Å²) in [6.45, 7) is 9.56. The Hall–Kier alpha value is -1.69. The second-order valence-electron chi connectivity index (χ2n) is 6.71. The summed E-state index contributed by atoms with van der Waals surface area (Å²) in [5.41, 5.74) is 3.91. The summed E-state index contributed by atoms with van der Waals surface area (Å²) >= 11 is 0. The Morgan fingerprint density at radius 3 is 2.67 bits per heavy atom. The molecule has 1 saturated heterocycles. The second kappa shape index (κ2) is 8.42. The van der Waals surface area contributed by atoms with Crippen molar-refractivity contribution < 1.29 is 0 Å². The molecule has 3 rings (SSSR count). The first kappa shape index (κ1) is 17.1. The highest BCUT2D eigenvalue weighted by Crippen LogP contribution is 2.10. The van der Waals surface area contributed by atoms with Gasteiger partial charge in [-0.05, 0) is 18.2 Å². The molecule has 0 unspecified atom stereocenters. The van der Waals surface area contributed by atoms with Gasteiger partial charge in [0, 0.05) is 64.1 Å². The fraction of sp³-hybridized carbons (Fsp3) is 0.526. The van der Waals surface area contributed by atoms with Gasteiger partial charge < -0.3 is 15.2 Å². The lowest BCUT2D eigenvalue weighted by Crippen LogP contribution is -2.43. The lowest BCUT2D eigenvalue weighted by molar-refractivity contribution is 0.148. The van der Waals surface area contributed by atoms with Crippen molar-refractivity contribution in [3.05, 3.63) is 53.1 Å². The number of H-pyrrole nitrogens is 1. The topological polar surface area (TPSA) is 47.2 Å². The van der Waals surface area contributed by atoms with Crippen LogP contribution in [0.1, 0.15) is 29.6 Å². The maximum atomic E-state index is 4.34. The van der Waals surface area contributed by atoms with E-state index < -0.39 is 0 Å². The van der Waals surface area contributed by atoms with Crippen molar-refractivity contribution in [3.63, 3.8) is 0 Å². The SMILES string of the molecule is CCc1ncc(CNCc2cccc(CN3CCN(C)CC3)c2)[nH]1. The Kier molecular flexibility index (Phi) is 6.01. The van der Waals surface area contributed by atoms with Crippen LogP contribution in [0.5, 0.6) is 0 Å². The lowest BCUT2D eigenvalue weighted by Gasteiger charge is -2.32. The molecule has 2 aromatic rings. The van der Waals surface area contributed by atoms with E-state index in [9.17, 15) is 0 Å². The molecule has 1 aromatic heterocycles. The van der Waals surface area contributed by atoms with E-state index in [2.05, 4.69) is 63.3 Å². The fourth-order valence-corrected chi connectivity index (χ4v) is 3.12. The van der Waals surface area contributed by atoms with Crippen LogP contribution in [0.2, 0.25) is 0 Å². The highest BCUT2D eigenvalue weighted by atomic mass is 15.2. The number of aryl methyl sites for hydroxylation is 1. The van der Waals surface area contributed by atoms with Crippen molar-refractivity contribution in [2.24, 2.45) is 0 Å². The Morgan fingerprint density at radius 1 is 1.12 bits per heavy atom. The molecular formula is C19H29N5. The maximum absolute atomic E-state index is 4.34. The minimum Gasteiger partial charge on any atom is -0.345 e. The first-order valence-electron chi connectivity index (χ1n) is 8.95. The van der Waals surface area contributed by atoms with Gasteiger partial charge in [-0.2, -0.15) is 0 Å². The first-order chi connectivity index (χ1) is 11.7. The molecule has 0 bridgehead atoms. The van der Waals surface area contributed by atoms with Gasteiger partial charge in [0.05, 0.1) is 0 Å². The molecule has 0 saturated carbocycles. The molecule has 0 spiro atoms. The van der Waals surface area contributed by atoms with Crippen molar-refractivity contribution in [2.75, 3.05) is 33.2 Å². The normalized spacial score (nSPS) is 16.6. The summed E-state index contributed by atoms with van der Waals surface area (Å²) in [7, 11) is 2.20. The van der Waals surface area contributed by atoms with E-state index in [4.69, 9.17) is 0 Å². The number of nitrogens with one attached hydrogen (secondary N) is 2. The summed E-state index contributed by atoms with van der Waals surface area (Å²) in [6, 6.07) is 8.94. The average molecular weight is 327 g/mol. The number of nitrogens with zero attached hydrogens (tertiary/aromatic N) is 3. The molecule has 1 aliphatic heterocycles. The van der Waals surface area contributed by atoms with E-state index in [1.807, 2.05) is 6.20 Å². The van der Waals surface area contributed by atoms with Gasteiger partial charge in [-0.1, -0.05) is 31.2 Å². The first-order valence-corrected chi connectivity index (χ1v) is 8.95. The molecule has 1 aliphatic rings. The number of benzene rings is 1. The highest BCUT2D eigenvalue weighted by molar-refractivity contribution is 5.23. The summed E-state index contributed by atoms with van der Waals surface area (Å²) in [5, 5.41) is 3.50. The third kappa shape index (κ3) is 4.90. The summed E-state index contributed by atoms with van der Waals surface area (Å²) in [6.07, 6.45) is 2.88. The summed E-state index contributed by atoms with van der Waals surface area (Å²) < 4.78 is 0. The molecule has 0 amide bonds. The van der Waals surface area contributed by atoms with E-state index >= 15 is 0 Å². The van der Waals surface area contributed by atoms with Crippen molar-refractivity contribution >= 4 is 0 Å². The summed E-state index contributed by atoms with van der Waals surface area (Å²) in [4.78, 5) is 12.6. The molecule has 2 N–H and O–H groups in total. The molecule has 1 fully saturated rings. The molecular weight excluding hydrogens is 298 g/mol. The number of piperazine rings is 1. The van der Waals surface area contributed by atoms with E-state index in [0.717, 1.165) is 37.6 Å². The van der Waals surface area contributed by atoms with E-state index in [1.54, 1.807) is 0 Å². The van der Waals surface area contributed by atoms with Crippen LogP contribution < -0.4 is 5.32 Å². The molecule has 2 heterocycles. The van der Waals surface area contributed by atoms with Gasteiger partial charge in [0.25, 0.3) is 0 Å². The minimum absolute atomic E-state index is 0.829. The van der Waals surface area contributed by atoms with Crippen LogP contribution in [0.15, 0.2) is 30.5 Å². The van der Waals surface area contributed by atoms with Crippen LogP contribution in [-0.4, -0.2) is 53.0 Å². The van der Waals surface area contributed by atoms with Crippen LogP contribution in [0.25, 0.3) is 0 Å². The largest absolute Gasteiger partial charge is 0.345 e. The molecule has 5 nitrogen and oxygen atoms in total. The van der Waals surface area contributed by atoms with E-state index in [-0.39, 0.29) is 0 Å². The van der Waals surface area contributed by atoms with Gasteiger partial charge in [0.2, 0.25) is 0 Å². The van der Waals surface area contributed by atoms with Crippen LogP contribution >= 0.6 is 0 Å². The maximum Gasteiger partial charge on any atom is 0.105 e. The van der Waals surface area contributed by atoms with Crippen molar-refractivity contribution in [2.45, 2.75) is 33.0 Å². The van der Waals surface area contributed by atoms with Gasteiger partial charge in [-0.3, -0.25) is 4.90 Å².